The first-order chi connectivity index (χ1) is 14.9. The number of methoxy groups -OCH3 is 1. The van der Waals surface area contributed by atoms with Crippen molar-refractivity contribution >= 4 is 40.2 Å². The molecule has 7 heteroatoms. The first-order valence-corrected chi connectivity index (χ1v) is 11.3. The molecule has 0 unspecified atom stereocenters. The number of benzene rings is 1. The van der Waals surface area contributed by atoms with E-state index >= 15 is 0 Å². The van der Waals surface area contributed by atoms with Gasteiger partial charge in [0.05, 0.1) is 35.9 Å². The molecule has 2 saturated heterocycles. The number of allylic oxidation sites excluding steroid dienone is 1. The molecule has 5 rings (SSSR count). The number of ether oxygens (including phenoxy) is 1. The third-order valence-electron chi connectivity index (χ3n) is 6.65. The SMILES string of the molecule is COCCN1C(=O)[C@@H]2[C@@H](C1=O)[C@H](C(=O)c1cccs1)N1c3ccc(C)cc3C(C)=C[C@H]21. The topological polar surface area (TPSA) is 66.9 Å². The van der Waals surface area contributed by atoms with Crippen LogP contribution in [0.3, 0.4) is 0 Å². The average molecular weight is 437 g/mol. The van der Waals surface area contributed by atoms with Gasteiger partial charge in [-0.3, -0.25) is 19.3 Å². The summed E-state index contributed by atoms with van der Waals surface area (Å²) >= 11 is 1.37. The van der Waals surface area contributed by atoms with Crippen molar-refractivity contribution in [3.8, 4) is 0 Å². The summed E-state index contributed by atoms with van der Waals surface area (Å²) in [4.78, 5) is 44.4. The zero-order valence-corrected chi connectivity index (χ0v) is 18.5. The molecule has 0 aliphatic carbocycles. The highest BCUT2D eigenvalue weighted by molar-refractivity contribution is 7.12. The normalized spacial score (nSPS) is 26.6. The lowest BCUT2D eigenvalue weighted by Gasteiger charge is -2.38. The number of imide groups is 1. The Morgan fingerprint density at radius 2 is 1.90 bits per heavy atom. The Hall–Kier alpha value is -2.77. The van der Waals surface area contributed by atoms with Gasteiger partial charge in [-0.25, -0.2) is 0 Å². The Labute approximate surface area is 185 Å². The van der Waals surface area contributed by atoms with E-state index in [4.69, 9.17) is 4.74 Å². The number of thiophene rings is 1. The fourth-order valence-electron chi connectivity index (χ4n) is 5.29. The first kappa shape index (κ1) is 20.2. The van der Waals surface area contributed by atoms with Gasteiger partial charge in [0.1, 0.15) is 6.04 Å². The standard InChI is InChI=1S/C24H24N2O4S/c1-13-6-7-16-15(11-13)14(2)12-17-19-20(24(29)25(23(19)28)8-9-30-3)21(26(16)17)22(27)18-5-4-10-31-18/h4-7,10-12,17,19-21H,8-9H2,1-3H3/t17-,19+,20-,21-/m1/s1. The van der Waals surface area contributed by atoms with Gasteiger partial charge in [0.2, 0.25) is 11.8 Å². The average Bonchev–Trinajstić information content (AvgIpc) is 3.44. The Bertz CT molecular complexity index is 1110. The maximum atomic E-state index is 13.7. The molecule has 0 radical (unpaired) electrons. The van der Waals surface area contributed by atoms with Crippen LogP contribution in [0.2, 0.25) is 0 Å². The van der Waals surface area contributed by atoms with Crippen molar-refractivity contribution in [2.75, 3.05) is 25.2 Å². The number of anilines is 1. The molecule has 0 N–H and O–H groups in total. The highest BCUT2D eigenvalue weighted by Gasteiger charge is 2.64. The fraction of sp³-hybridized carbons (Fsp3) is 0.375. The molecule has 2 amide bonds. The summed E-state index contributed by atoms with van der Waals surface area (Å²) in [5.74, 6) is -1.83. The predicted molar refractivity (Wildman–Crippen MR) is 119 cm³/mol. The second-order valence-electron chi connectivity index (χ2n) is 8.43. The summed E-state index contributed by atoms with van der Waals surface area (Å²) in [5, 5.41) is 1.86. The minimum Gasteiger partial charge on any atom is -0.383 e. The van der Waals surface area contributed by atoms with Gasteiger partial charge in [0, 0.05) is 18.4 Å². The van der Waals surface area contributed by atoms with Crippen molar-refractivity contribution < 1.29 is 19.1 Å². The van der Waals surface area contributed by atoms with Crippen LogP contribution in [0, 0.1) is 18.8 Å². The van der Waals surface area contributed by atoms with Gasteiger partial charge in [0.25, 0.3) is 0 Å². The van der Waals surface area contributed by atoms with Crippen LogP contribution in [-0.2, 0) is 14.3 Å². The number of hydrogen-bond donors (Lipinski definition) is 0. The Balaban J connectivity index is 1.66. The van der Waals surface area contributed by atoms with Gasteiger partial charge in [-0.15, -0.1) is 11.3 Å². The molecule has 0 spiro atoms. The molecule has 3 aliphatic heterocycles. The lowest BCUT2D eigenvalue weighted by molar-refractivity contribution is -0.141. The van der Waals surface area contributed by atoms with Crippen molar-refractivity contribution in [3.05, 3.63) is 57.8 Å². The van der Waals surface area contributed by atoms with Crippen LogP contribution in [0.1, 0.15) is 27.7 Å². The molecule has 3 aliphatic rings. The van der Waals surface area contributed by atoms with E-state index in [9.17, 15) is 14.4 Å². The lowest BCUT2D eigenvalue weighted by Crippen LogP contribution is -2.49. The van der Waals surface area contributed by atoms with E-state index in [2.05, 4.69) is 12.1 Å². The quantitative estimate of drug-likeness (QED) is 0.532. The maximum Gasteiger partial charge on any atom is 0.235 e. The van der Waals surface area contributed by atoms with Crippen LogP contribution in [0.4, 0.5) is 5.69 Å². The lowest BCUT2D eigenvalue weighted by atomic mass is 9.86. The summed E-state index contributed by atoms with van der Waals surface area (Å²) < 4.78 is 5.10. The molecule has 6 nitrogen and oxygen atoms in total. The molecular weight excluding hydrogens is 412 g/mol. The minimum atomic E-state index is -0.705. The van der Waals surface area contributed by atoms with E-state index in [1.807, 2.05) is 42.3 Å². The number of fused-ring (bicyclic) bond motifs is 5. The molecule has 31 heavy (non-hydrogen) atoms. The number of hydrogen-bond acceptors (Lipinski definition) is 6. The summed E-state index contributed by atoms with van der Waals surface area (Å²) in [7, 11) is 1.54. The van der Waals surface area contributed by atoms with E-state index in [0.717, 1.165) is 22.4 Å². The summed E-state index contributed by atoms with van der Waals surface area (Å²) in [6.07, 6.45) is 2.06. The molecule has 0 saturated carbocycles. The number of rotatable bonds is 5. The molecule has 4 atom stereocenters. The maximum absolute atomic E-state index is 13.7. The van der Waals surface area contributed by atoms with Gasteiger partial charge in [0.15, 0.2) is 5.78 Å². The van der Waals surface area contributed by atoms with Gasteiger partial charge < -0.3 is 9.64 Å². The monoisotopic (exact) mass is 436 g/mol. The molecule has 160 valence electrons. The summed E-state index contributed by atoms with van der Waals surface area (Å²) in [5.41, 5.74) is 4.17. The van der Waals surface area contributed by atoms with Gasteiger partial charge in [-0.05, 0) is 43.0 Å². The van der Waals surface area contributed by atoms with Crippen LogP contribution in [-0.4, -0.2) is 54.8 Å². The van der Waals surface area contributed by atoms with E-state index < -0.39 is 17.9 Å². The van der Waals surface area contributed by atoms with Crippen molar-refractivity contribution in [2.45, 2.75) is 25.9 Å². The Kier molecular flexibility index (Phi) is 4.83. The number of ketones is 1. The number of likely N-dealkylation sites (tertiary alicyclic amines) is 1. The minimum absolute atomic E-state index is 0.0956. The summed E-state index contributed by atoms with van der Waals surface area (Å²) in [6.45, 7) is 4.56. The molecule has 2 aromatic rings. The van der Waals surface area contributed by atoms with Crippen molar-refractivity contribution in [1.82, 2.24) is 4.90 Å². The van der Waals surface area contributed by atoms with Crippen molar-refractivity contribution in [3.63, 3.8) is 0 Å². The van der Waals surface area contributed by atoms with Crippen LogP contribution >= 0.6 is 11.3 Å². The van der Waals surface area contributed by atoms with E-state index in [-0.39, 0.29) is 36.8 Å². The largest absolute Gasteiger partial charge is 0.383 e. The summed E-state index contributed by atoms with van der Waals surface area (Å²) in [6, 6.07) is 8.74. The number of aryl methyl sites for hydroxylation is 1. The Morgan fingerprint density at radius 1 is 1.13 bits per heavy atom. The fourth-order valence-corrected chi connectivity index (χ4v) is 5.98. The number of Topliss-reactive ketones (excluding diaryl/α,β-unsaturated/α-hetero) is 1. The highest BCUT2D eigenvalue weighted by atomic mass is 32.1. The number of amides is 2. The number of carbonyl (C=O) groups excluding carboxylic acids is 3. The van der Waals surface area contributed by atoms with Gasteiger partial charge in [-0.2, -0.15) is 0 Å². The predicted octanol–water partition coefficient (Wildman–Crippen LogP) is 3.16. The molecule has 1 aromatic heterocycles. The molecule has 0 bridgehead atoms. The first-order valence-electron chi connectivity index (χ1n) is 10.4. The molecule has 1 aromatic carbocycles. The van der Waals surface area contributed by atoms with Crippen molar-refractivity contribution in [2.24, 2.45) is 11.8 Å². The van der Waals surface area contributed by atoms with Crippen LogP contribution in [0.15, 0.2) is 41.8 Å². The van der Waals surface area contributed by atoms with Gasteiger partial charge in [-0.1, -0.05) is 23.8 Å². The van der Waals surface area contributed by atoms with E-state index in [0.29, 0.717) is 4.88 Å². The van der Waals surface area contributed by atoms with E-state index in [1.54, 1.807) is 13.2 Å². The second kappa shape index (κ2) is 7.43. The molecule has 4 heterocycles. The van der Waals surface area contributed by atoms with Crippen molar-refractivity contribution in [1.29, 1.82) is 0 Å². The van der Waals surface area contributed by atoms with Gasteiger partial charge >= 0.3 is 0 Å². The second-order valence-corrected chi connectivity index (χ2v) is 9.37. The third kappa shape index (κ3) is 2.91. The van der Waals surface area contributed by atoms with E-state index in [1.165, 1.54) is 16.2 Å². The third-order valence-corrected chi connectivity index (χ3v) is 7.53. The number of nitrogens with zero attached hydrogens (tertiary/aromatic N) is 2. The van der Waals surface area contributed by atoms with Crippen LogP contribution < -0.4 is 4.90 Å². The zero-order valence-electron chi connectivity index (χ0n) is 17.7. The highest BCUT2D eigenvalue weighted by Crippen LogP contribution is 2.50. The van der Waals surface area contributed by atoms with Crippen LogP contribution in [0.25, 0.3) is 5.57 Å². The molecule has 2 fully saturated rings. The molecular formula is C24H24N2O4S. The number of carbonyl (C=O) groups is 3. The smallest absolute Gasteiger partial charge is 0.235 e. The van der Waals surface area contributed by atoms with Crippen LogP contribution in [0.5, 0.6) is 0 Å². The Morgan fingerprint density at radius 3 is 2.61 bits per heavy atom. The zero-order chi connectivity index (χ0) is 21.9.